The second-order valence-electron chi connectivity index (χ2n) is 5.90. The van der Waals surface area contributed by atoms with Crippen LogP contribution in [0.2, 0.25) is 5.02 Å². The highest BCUT2D eigenvalue weighted by molar-refractivity contribution is 6.31. The van der Waals surface area contributed by atoms with E-state index < -0.39 is 0 Å². The van der Waals surface area contributed by atoms with Gasteiger partial charge in [0, 0.05) is 10.6 Å². The molecule has 124 valence electrons. The molecular formula is C21H18ClN2O+. The molecule has 0 N–H and O–H groups in total. The normalized spacial score (nSPS) is 10.9. The maximum absolute atomic E-state index is 6.32. The number of fused-ring (bicyclic) bond motifs is 1. The van der Waals surface area contributed by atoms with Crippen molar-refractivity contribution in [3.05, 3.63) is 101 Å². The summed E-state index contributed by atoms with van der Waals surface area (Å²) in [6.45, 7) is 1.24. The van der Waals surface area contributed by atoms with Gasteiger partial charge in [-0.2, -0.15) is 4.40 Å². The van der Waals surface area contributed by atoms with Crippen molar-refractivity contribution in [1.82, 2.24) is 4.40 Å². The monoisotopic (exact) mass is 349 g/mol. The second-order valence-corrected chi connectivity index (χ2v) is 6.30. The first kappa shape index (κ1) is 15.7. The molecule has 0 amide bonds. The number of hydrogen-bond donors (Lipinski definition) is 0. The lowest BCUT2D eigenvalue weighted by atomic mass is 10.2. The lowest BCUT2D eigenvalue weighted by Crippen LogP contribution is -2.33. The topological polar surface area (TPSA) is 17.5 Å². The zero-order chi connectivity index (χ0) is 17.1. The maximum Gasteiger partial charge on any atom is 0.329 e. The molecule has 0 aliphatic carbocycles. The van der Waals surface area contributed by atoms with Gasteiger partial charge in [-0.3, -0.25) is 0 Å². The predicted octanol–water partition coefficient (Wildman–Crippen LogP) is 4.51. The minimum absolute atomic E-state index is 0.539. The SMILES string of the molecule is Clc1ccccc1C[n+]1ccn2cccc(OCc3ccccc3)c21. The summed E-state index contributed by atoms with van der Waals surface area (Å²) in [7, 11) is 0. The molecule has 2 heterocycles. The first-order valence-electron chi connectivity index (χ1n) is 8.20. The van der Waals surface area contributed by atoms with Crippen LogP contribution in [0.4, 0.5) is 0 Å². The number of rotatable bonds is 5. The highest BCUT2D eigenvalue weighted by atomic mass is 35.5. The van der Waals surface area contributed by atoms with Gasteiger partial charge >= 0.3 is 5.65 Å². The molecule has 0 aliphatic rings. The molecule has 0 bridgehead atoms. The molecule has 0 unspecified atom stereocenters. The summed E-state index contributed by atoms with van der Waals surface area (Å²) in [4.78, 5) is 0. The van der Waals surface area contributed by atoms with Gasteiger partial charge in [0.15, 0.2) is 0 Å². The minimum Gasteiger partial charge on any atom is -0.481 e. The van der Waals surface area contributed by atoms with E-state index in [2.05, 4.69) is 21.1 Å². The van der Waals surface area contributed by atoms with E-state index in [4.69, 9.17) is 16.3 Å². The Morgan fingerprint density at radius 3 is 2.52 bits per heavy atom. The number of ether oxygens (including phenoxy) is 1. The average molecular weight is 350 g/mol. The van der Waals surface area contributed by atoms with Gasteiger partial charge in [0.05, 0.1) is 6.20 Å². The summed E-state index contributed by atoms with van der Waals surface area (Å²) in [5.41, 5.74) is 3.24. The third-order valence-corrected chi connectivity index (χ3v) is 4.54. The molecular weight excluding hydrogens is 332 g/mol. The molecule has 4 aromatic rings. The minimum atomic E-state index is 0.539. The Morgan fingerprint density at radius 2 is 1.68 bits per heavy atom. The summed E-state index contributed by atoms with van der Waals surface area (Å²) in [6, 6.07) is 22.1. The largest absolute Gasteiger partial charge is 0.481 e. The summed E-state index contributed by atoms with van der Waals surface area (Å²) in [5, 5.41) is 0.775. The van der Waals surface area contributed by atoms with E-state index in [1.807, 2.05) is 73.2 Å². The Kier molecular flexibility index (Phi) is 4.40. The fourth-order valence-electron chi connectivity index (χ4n) is 2.91. The lowest BCUT2D eigenvalue weighted by Gasteiger charge is -2.07. The van der Waals surface area contributed by atoms with Crippen LogP contribution in [0, 0.1) is 0 Å². The molecule has 4 heteroatoms. The number of hydrogen-bond acceptors (Lipinski definition) is 1. The number of imidazole rings is 1. The van der Waals surface area contributed by atoms with Crippen molar-refractivity contribution in [1.29, 1.82) is 0 Å². The van der Waals surface area contributed by atoms with E-state index >= 15 is 0 Å². The van der Waals surface area contributed by atoms with E-state index in [1.165, 1.54) is 0 Å². The van der Waals surface area contributed by atoms with Gasteiger partial charge < -0.3 is 4.74 Å². The van der Waals surface area contributed by atoms with E-state index in [9.17, 15) is 0 Å². The Bertz CT molecular complexity index is 995. The molecule has 0 atom stereocenters. The molecule has 0 fully saturated rings. The molecule has 4 rings (SSSR count). The maximum atomic E-state index is 6.32. The fraction of sp³-hybridized carbons (Fsp3) is 0.0952. The lowest BCUT2D eigenvalue weighted by molar-refractivity contribution is -0.662. The molecule has 0 saturated heterocycles. The highest BCUT2D eigenvalue weighted by Gasteiger charge is 2.17. The van der Waals surface area contributed by atoms with E-state index in [-0.39, 0.29) is 0 Å². The first-order chi connectivity index (χ1) is 12.3. The number of pyridine rings is 1. The van der Waals surface area contributed by atoms with Crippen molar-refractivity contribution >= 4 is 17.2 Å². The fourth-order valence-corrected chi connectivity index (χ4v) is 3.11. The van der Waals surface area contributed by atoms with E-state index in [1.54, 1.807) is 0 Å². The Morgan fingerprint density at radius 1 is 0.880 bits per heavy atom. The molecule has 25 heavy (non-hydrogen) atoms. The Labute approximate surface area is 151 Å². The Balaban J connectivity index is 1.66. The predicted molar refractivity (Wildman–Crippen MR) is 98.9 cm³/mol. The summed E-state index contributed by atoms with van der Waals surface area (Å²) >= 11 is 6.32. The van der Waals surface area contributed by atoms with Gasteiger partial charge in [-0.1, -0.05) is 60.1 Å². The number of halogens is 1. The van der Waals surface area contributed by atoms with Gasteiger partial charge in [-0.25, -0.2) is 4.57 Å². The number of nitrogens with zero attached hydrogens (tertiary/aromatic N) is 2. The number of aromatic nitrogens is 2. The molecule has 0 spiro atoms. The molecule has 0 radical (unpaired) electrons. The van der Waals surface area contributed by atoms with Crippen LogP contribution < -0.4 is 9.30 Å². The van der Waals surface area contributed by atoms with Crippen LogP contribution >= 0.6 is 11.6 Å². The van der Waals surface area contributed by atoms with Crippen LogP contribution in [0.15, 0.2) is 85.3 Å². The molecule has 2 aromatic carbocycles. The zero-order valence-electron chi connectivity index (χ0n) is 13.7. The van der Waals surface area contributed by atoms with Gasteiger partial charge in [-0.05, 0) is 23.8 Å². The van der Waals surface area contributed by atoms with Gasteiger partial charge in [-0.15, -0.1) is 0 Å². The van der Waals surface area contributed by atoms with Crippen LogP contribution in [0.5, 0.6) is 5.75 Å². The van der Waals surface area contributed by atoms with Gasteiger partial charge in [0.25, 0.3) is 0 Å². The van der Waals surface area contributed by atoms with Crippen molar-refractivity contribution in [2.45, 2.75) is 13.2 Å². The smallest absolute Gasteiger partial charge is 0.329 e. The van der Waals surface area contributed by atoms with E-state index in [0.29, 0.717) is 13.2 Å². The van der Waals surface area contributed by atoms with Crippen molar-refractivity contribution in [2.24, 2.45) is 0 Å². The molecule has 3 nitrogen and oxygen atoms in total. The van der Waals surface area contributed by atoms with Crippen LogP contribution in [0.3, 0.4) is 0 Å². The van der Waals surface area contributed by atoms with Gasteiger partial charge in [0.2, 0.25) is 5.75 Å². The van der Waals surface area contributed by atoms with Crippen LogP contribution in [0.1, 0.15) is 11.1 Å². The van der Waals surface area contributed by atoms with Crippen molar-refractivity contribution < 1.29 is 9.30 Å². The molecule has 0 saturated carbocycles. The van der Waals surface area contributed by atoms with Crippen LogP contribution in [0.25, 0.3) is 5.65 Å². The van der Waals surface area contributed by atoms with Gasteiger partial charge in [0.1, 0.15) is 25.5 Å². The Hall–Kier alpha value is -2.78. The third kappa shape index (κ3) is 3.37. The van der Waals surface area contributed by atoms with Crippen LogP contribution in [-0.4, -0.2) is 4.40 Å². The van der Waals surface area contributed by atoms with Crippen LogP contribution in [-0.2, 0) is 13.2 Å². The third-order valence-electron chi connectivity index (χ3n) is 4.17. The van der Waals surface area contributed by atoms with E-state index in [0.717, 1.165) is 27.5 Å². The summed E-state index contributed by atoms with van der Waals surface area (Å²) in [5.74, 6) is 0.850. The highest BCUT2D eigenvalue weighted by Crippen LogP contribution is 2.20. The molecule has 2 aromatic heterocycles. The summed E-state index contributed by atoms with van der Waals surface area (Å²) in [6.07, 6.45) is 6.10. The zero-order valence-corrected chi connectivity index (χ0v) is 14.4. The van der Waals surface area contributed by atoms with Crippen molar-refractivity contribution in [2.75, 3.05) is 0 Å². The summed E-state index contributed by atoms with van der Waals surface area (Å²) < 4.78 is 10.3. The standard InChI is InChI=1S/C21H18ClN2O/c22-19-10-5-4-9-18(19)15-24-14-13-23-12-6-11-20(21(23)24)25-16-17-7-2-1-3-8-17/h1-14H,15-16H2/q+1. The number of benzene rings is 2. The molecule has 0 aliphatic heterocycles. The second kappa shape index (κ2) is 6.99. The van der Waals surface area contributed by atoms with Crippen molar-refractivity contribution in [3.8, 4) is 5.75 Å². The van der Waals surface area contributed by atoms with Crippen molar-refractivity contribution in [3.63, 3.8) is 0 Å². The average Bonchev–Trinajstić information content (AvgIpc) is 3.06. The first-order valence-corrected chi connectivity index (χ1v) is 8.58. The quantitative estimate of drug-likeness (QED) is 0.485.